The highest BCUT2D eigenvalue weighted by atomic mass is 16.5. The second-order valence-electron chi connectivity index (χ2n) is 4.64. The van der Waals surface area contributed by atoms with Crippen LogP contribution < -0.4 is 5.32 Å². The van der Waals surface area contributed by atoms with Crippen LogP contribution in [0.25, 0.3) is 0 Å². The number of aliphatic carboxylic acids is 2. The molecule has 4 atom stereocenters. The molecule has 0 aromatic carbocycles. The van der Waals surface area contributed by atoms with Gasteiger partial charge < -0.3 is 30.1 Å². The molecular formula is C12H19NO8. The van der Waals surface area contributed by atoms with Crippen LogP contribution in [0.3, 0.4) is 0 Å². The second kappa shape index (κ2) is 7.91. The summed E-state index contributed by atoms with van der Waals surface area (Å²) in [6.45, 7) is 2.53. The molecule has 0 aromatic rings. The smallest absolute Gasteiger partial charge is 0.336 e. The number of esters is 1. The standard InChI is InChI=1S/C12H19NO8/c1-2-20-12(19)6-3-7(5-13-4-6)21-9(11(17)18)8(14)10(15)16/h6-9,13-14H,2-5H2,1H3,(H,15,16)(H,17,18)/t6-,7?,8?,9?/m1/s1. The molecule has 9 nitrogen and oxygen atoms in total. The molecule has 0 saturated carbocycles. The van der Waals surface area contributed by atoms with E-state index in [1.54, 1.807) is 6.92 Å². The third-order valence-corrected chi connectivity index (χ3v) is 3.05. The van der Waals surface area contributed by atoms with Crippen LogP contribution in [0.1, 0.15) is 13.3 Å². The molecule has 1 fully saturated rings. The first-order valence-corrected chi connectivity index (χ1v) is 6.53. The SMILES string of the molecule is CCOC(=O)[C@H]1CNCC(OC(C(=O)O)C(O)C(=O)O)C1. The lowest BCUT2D eigenvalue weighted by atomic mass is 9.97. The predicted molar refractivity (Wildman–Crippen MR) is 67.5 cm³/mol. The molecule has 0 radical (unpaired) electrons. The van der Waals surface area contributed by atoms with Crippen molar-refractivity contribution in [3.63, 3.8) is 0 Å². The van der Waals surface area contributed by atoms with E-state index in [1.165, 1.54) is 0 Å². The summed E-state index contributed by atoms with van der Waals surface area (Å²) in [6.07, 6.45) is -4.58. The summed E-state index contributed by atoms with van der Waals surface area (Å²) in [7, 11) is 0. The van der Waals surface area contributed by atoms with E-state index in [4.69, 9.17) is 19.7 Å². The van der Waals surface area contributed by atoms with Crippen LogP contribution in [0.4, 0.5) is 0 Å². The van der Waals surface area contributed by atoms with Gasteiger partial charge in [0.2, 0.25) is 0 Å². The molecule has 120 valence electrons. The maximum atomic E-state index is 11.6. The fourth-order valence-corrected chi connectivity index (χ4v) is 2.05. The number of nitrogens with one attached hydrogen (secondary N) is 1. The molecule has 1 saturated heterocycles. The van der Waals surface area contributed by atoms with E-state index < -0.39 is 42.1 Å². The van der Waals surface area contributed by atoms with Crippen molar-refractivity contribution in [1.29, 1.82) is 0 Å². The van der Waals surface area contributed by atoms with Gasteiger partial charge in [0.05, 0.1) is 18.6 Å². The molecule has 0 aromatic heterocycles. The van der Waals surface area contributed by atoms with Crippen LogP contribution in [-0.4, -0.2) is 71.2 Å². The Kier molecular flexibility index (Phi) is 6.53. The summed E-state index contributed by atoms with van der Waals surface area (Å²) >= 11 is 0. The highest BCUT2D eigenvalue weighted by Gasteiger charge is 2.37. The Labute approximate surface area is 120 Å². The van der Waals surface area contributed by atoms with Gasteiger partial charge in [-0.05, 0) is 13.3 Å². The van der Waals surface area contributed by atoms with Crippen molar-refractivity contribution in [1.82, 2.24) is 5.32 Å². The Balaban J connectivity index is 2.65. The number of piperidine rings is 1. The maximum Gasteiger partial charge on any atom is 0.336 e. The average Bonchev–Trinajstić information content (AvgIpc) is 2.44. The van der Waals surface area contributed by atoms with Crippen molar-refractivity contribution in [3.8, 4) is 0 Å². The molecule has 3 unspecified atom stereocenters. The van der Waals surface area contributed by atoms with Crippen LogP contribution in [0.2, 0.25) is 0 Å². The number of rotatable bonds is 7. The first-order chi connectivity index (χ1) is 9.86. The Morgan fingerprint density at radius 2 is 1.90 bits per heavy atom. The number of ether oxygens (including phenoxy) is 2. The predicted octanol–water partition coefficient (Wildman–Crippen LogP) is -1.56. The molecule has 9 heteroatoms. The summed E-state index contributed by atoms with van der Waals surface area (Å²) < 4.78 is 10.0. The van der Waals surface area contributed by atoms with Gasteiger partial charge in [-0.1, -0.05) is 0 Å². The Bertz CT molecular complexity index is 399. The largest absolute Gasteiger partial charge is 0.479 e. The minimum atomic E-state index is -2.18. The molecule has 0 aliphatic carbocycles. The Morgan fingerprint density at radius 3 is 2.43 bits per heavy atom. The van der Waals surface area contributed by atoms with Gasteiger partial charge in [0.1, 0.15) is 0 Å². The van der Waals surface area contributed by atoms with E-state index in [0.717, 1.165) is 0 Å². The first-order valence-electron chi connectivity index (χ1n) is 6.53. The lowest BCUT2D eigenvalue weighted by molar-refractivity contribution is -0.178. The number of carboxylic acid groups (broad SMARTS) is 2. The number of aliphatic hydroxyl groups is 1. The van der Waals surface area contributed by atoms with Gasteiger partial charge in [0, 0.05) is 13.1 Å². The zero-order chi connectivity index (χ0) is 16.0. The van der Waals surface area contributed by atoms with Gasteiger partial charge >= 0.3 is 17.9 Å². The van der Waals surface area contributed by atoms with Crippen molar-refractivity contribution in [3.05, 3.63) is 0 Å². The molecule has 21 heavy (non-hydrogen) atoms. The number of carboxylic acids is 2. The van der Waals surface area contributed by atoms with E-state index in [0.29, 0.717) is 6.54 Å². The van der Waals surface area contributed by atoms with E-state index in [1.807, 2.05) is 0 Å². The van der Waals surface area contributed by atoms with Crippen molar-refractivity contribution in [2.24, 2.45) is 5.92 Å². The van der Waals surface area contributed by atoms with E-state index in [9.17, 15) is 19.5 Å². The highest BCUT2D eigenvalue weighted by molar-refractivity contribution is 5.83. The quantitative estimate of drug-likeness (QED) is 0.411. The van der Waals surface area contributed by atoms with Gasteiger partial charge in [-0.3, -0.25) is 4.79 Å². The zero-order valence-electron chi connectivity index (χ0n) is 11.5. The van der Waals surface area contributed by atoms with Gasteiger partial charge in [-0.25, -0.2) is 9.59 Å². The number of hydrogen-bond donors (Lipinski definition) is 4. The topological polar surface area (TPSA) is 142 Å². The summed E-state index contributed by atoms with van der Waals surface area (Å²) in [6, 6.07) is 0. The third kappa shape index (κ3) is 4.96. The van der Waals surface area contributed by atoms with Gasteiger partial charge in [0.15, 0.2) is 12.2 Å². The fourth-order valence-electron chi connectivity index (χ4n) is 2.05. The first kappa shape index (κ1) is 17.3. The van der Waals surface area contributed by atoms with Gasteiger partial charge in [0.25, 0.3) is 0 Å². The molecule has 4 N–H and O–H groups in total. The monoisotopic (exact) mass is 305 g/mol. The molecule has 1 rings (SSSR count). The minimum Gasteiger partial charge on any atom is -0.479 e. The maximum absolute atomic E-state index is 11.6. The Morgan fingerprint density at radius 1 is 1.24 bits per heavy atom. The van der Waals surface area contributed by atoms with E-state index in [-0.39, 0.29) is 19.6 Å². The number of hydrogen-bond acceptors (Lipinski definition) is 7. The molecule has 0 bridgehead atoms. The molecule has 1 aliphatic rings. The molecule has 0 spiro atoms. The van der Waals surface area contributed by atoms with Crippen molar-refractivity contribution in [2.45, 2.75) is 31.7 Å². The van der Waals surface area contributed by atoms with Crippen LogP contribution in [-0.2, 0) is 23.9 Å². The third-order valence-electron chi connectivity index (χ3n) is 3.05. The van der Waals surface area contributed by atoms with Crippen molar-refractivity contribution < 1.29 is 39.2 Å². The van der Waals surface area contributed by atoms with Gasteiger partial charge in [-0.2, -0.15) is 0 Å². The fraction of sp³-hybridized carbons (Fsp3) is 0.750. The summed E-state index contributed by atoms with van der Waals surface area (Å²) in [5.41, 5.74) is 0. The molecule has 1 aliphatic heterocycles. The average molecular weight is 305 g/mol. The van der Waals surface area contributed by atoms with Crippen molar-refractivity contribution >= 4 is 17.9 Å². The van der Waals surface area contributed by atoms with Crippen LogP contribution in [0, 0.1) is 5.92 Å². The minimum absolute atomic E-state index is 0.196. The van der Waals surface area contributed by atoms with E-state index in [2.05, 4.69) is 5.32 Å². The zero-order valence-corrected chi connectivity index (χ0v) is 11.5. The van der Waals surface area contributed by atoms with Crippen molar-refractivity contribution in [2.75, 3.05) is 19.7 Å². The summed E-state index contributed by atoms with van der Waals surface area (Å²) in [5, 5.41) is 29.8. The molecule has 1 heterocycles. The Hall–Kier alpha value is -1.71. The van der Waals surface area contributed by atoms with Crippen LogP contribution in [0.15, 0.2) is 0 Å². The highest BCUT2D eigenvalue weighted by Crippen LogP contribution is 2.18. The number of aliphatic hydroxyl groups excluding tert-OH is 1. The normalized spacial score (nSPS) is 24.9. The summed E-state index contributed by atoms with van der Waals surface area (Å²) in [5.74, 6) is -4.19. The lowest BCUT2D eigenvalue weighted by Crippen LogP contribution is -2.50. The lowest BCUT2D eigenvalue weighted by Gasteiger charge is -2.31. The number of carbonyl (C=O) groups is 3. The van der Waals surface area contributed by atoms with Crippen LogP contribution in [0.5, 0.6) is 0 Å². The molecule has 0 amide bonds. The number of carbonyl (C=O) groups excluding carboxylic acids is 1. The van der Waals surface area contributed by atoms with E-state index >= 15 is 0 Å². The summed E-state index contributed by atoms with van der Waals surface area (Å²) in [4.78, 5) is 33.3. The van der Waals surface area contributed by atoms with Crippen LogP contribution >= 0.6 is 0 Å². The van der Waals surface area contributed by atoms with Gasteiger partial charge in [-0.15, -0.1) is 0 Å². The second-order valence-corrected chi connectivity index (χ2v) is 4.64. The molecular weight excluding hydrogens is 286 g/mol.